The largest absolute Gasteiger partial charge is 0.360 e. The second kappa shape index (κ2) is 8.11. The first-order chi connectivity index (χ1) is 12.1. The van der Waals surface area contributed by atoms with Crippen molar-refractivity contribution in [2.45, 2.75) is 19.9 Å². The molecule has 1 fully saturated rings. The van der Waals surface area contributed by atoms with Crippen LogP contribution in [0.25, 0.3) is 0 Å². The second-order valence-electron chi connectivity index (χ2n) is 6.27. The summed E-state index contributed by atoms with van der Waals surface area (Å²) < 4.78 is 18.8. The molecule has 1 aromatic heterocycles. The molecule has 3 rings (SSSR count). The van der Waals surface area contributed by atoms with Gasteiger partial charge in [-0.25, -0.2) is 9.18 Å². The number of amides is 2. The Morgan fingerprint density at radius 3 is 2.72 bits per heavy atom. The van der Waals surface area contributed by atoms with Gasteiger partial charge in [0.1, 0.15) is 5.82 Å². The number of aromatic nitrogens is 1. The van der Waals surface area contributed by atoms with Crippen molar-refractivity contribution in [1.82, 2.24) is 20.3 Å². The smallest absolute Gasteiger partial charge is 0.317 e. The van der Waals surface area contributed by atoms with Gasteiger partial charge in [0, 0.05) is 38.8 Å². The van der Waals surface area contributed by atoms with E-state index in [1.807, 2.05) is 13.0 Å². The van der Waals surface area contributed by atoms with Crippen molar-refractivity contribution in [2.24, 2.45) is 0 Å². The first-order valence-electron chi connectivity index (χ1n) is 8.52. The minimum Gasteiger partial charge on any atom is -0.360 e. The summed E-state index contributed by atoms with van der Waals surface area (Å²) in [4.78, 5) is 16.2. The fraction of sp³-hybridized carbons (Fsp3) is 0.444. The maximum Gasteiger partial charge on any atom is 0.317 e. The normalized spacial score (nSPS) is 15.4. The number of hydrogen-bond donors (Lipinski definition) is 1. The lowest BCUT2D eigenvalue weighted by atomic mass is 10.1. The van der Waals surface area contributed by atoms with Crippen LogP contribution < -0.4 is 5.32 Å². The monoisotopic (exact) mass is 346 g/mol. The highest BCUT2D eigenvalue weighted by atomic mass is 19.1. The summed E-state index contributed by atoms with van der Waals surface area (Å²) in [6.07, 6.45) is 0.489. The van der Waals surface area contributed by atoms with Gasteiger partial charge in [-0.15, -0.1) is 0 Å². The van der Waals surface area contributed by atoms with E-state index in [1.165, 1.54) is 6.07 Å². The van der Waals surface area contributed by atoms with E-state index >= 15 is 0 Å². The highest BCUT2D eigenvalue weighted by Crippen LogP contribution is 2.10. The van der Waals surface area contributed by atoms with E-state index in [4.69, 9.17) is 4.52 Å². The van der Waals surface area contributed by atoms with E-state index in [1.54, 1.807) is 23.1 Å². The van der Waals surface area contributed by atoms with Crippen molar-refractivity contribution in [3.63, 3.8) is 0 Å². The Labute approximate surface area is 146 Å². The van der Waals surface area contributed by atoms with Crippen LogP contribution in [0.3, 0.4) is 0 Å². The van der Waals surface area contributed by atoms with Crippen molar-refractivity contribution in [3.05, 3.63) is 53.2 Å². The second-order valence-corrected chi connectivity index (χ2v) is 6.27. The van der Waals surface area contributed by atoms with Crippen molar-refractivity contribution < 1.29 is 13.7 Å². The number of piperazine rings is 1. The molecule has 0 bridgehead atoms. The number of halogens is 1. The van der Waals surface area contributed by atoms with Crippen LogP contribution in [-0.2, 0) is 13.0 Å². The van der Waals surface area contributed by atoms with Crippen LogP contribution in [-0.4, -0.2) is 53.7 Å². The lowest BCUT2D eigenvalue weighted by Gasteiger charge is -2.34. The predicted molar refractivity (Wildman–Crippen MR) is 91.6 cm³/mol. The van der Waals surface area contributed by atoms with Gasteiger partial charge in [0.05, 0.1) is 12.2 Å². The number of aryl methyl sites for hydroxylation is 1. The molecule has 1 aromatic carbocycles. The van der Waals surface area contributed by atoms with E-state index in [2.05, 4.69) is 15.4 Å². The maximum atomic E-state index is 13.6. The molecule has 25 heavy (non-hydrogen) atoms. The fourth-order valence-corrected chi connectivity index (χ4v) is 2.94. The lowest BCUT2D eigenvalue weighted by molar-refractivity contribution is 0.128. The fourth-order valence-electron chi connectivity index (χ4n) is 2.94. The maximum absolute atomic E-state index is 13.6. The molecule has 1 saturated heterocycles. The Kier molecular flexibility index (Phi) is 5.65. The van der Waals surface area contributed by atoms with Gasteiger partial charge >= 0.3 is 6.03 Å². The van der Waals surface area contributed by atoms with Crippen LogP contribution in [0.1, 0.15) is 17.0 Å². The molecule has 0 atom stereocenters. The van der Waals surface area contributed by atoms with Gasteiger partial charge in [-0.05, 0) is 25.0 Å². The molecular formula is C18H23FN4O2. The molecular weight excluding hydrogens is 323 g/mol. The summed E-state index contributed by atoms with van der Waals surface area (Å²) >= 11 is 0. The third kappa shape index (κ3) is 4.79. The number of carbonyl (C=O) groups excluding carboxylic acids is 1. The highest BCUT2D eigenvalue weighted by molar-refractivity contribution is 5.74. The molecule has 6 nitrogen and oxygen atoms in total. The molecule has 134 valence electrons. The van der Waals surface area contributed by atoms with Gasteiger partial charge in [0.15, 0.2) is 5.76 Å². The Morgan fingerprint density at radius 2 is 2.04 bits per heavy atom. The lowest BCUT2D eigenvalue weighted by Crippen LogP contribution is -2.51. The molecule has 2 amide bonds. The average molecular weight is 346 g/mol. The van der Waals surface area contributed by atoms with Crippen molar-refractivity contribution >= 4 is 6.03 Å². The Morgan fingerprint density at radius 1 is 1.28 bits per heavy atom. The number of hydrogen-bond acceptors (Lipinski definition) is 4. The first-order valence-corrected chi connectivity index (χ1v) is 8.52. The predicted octanol–water partition coefficient (Wildman–Crippen LogP) is 2.19. The van der Waals surface area contributed by atoms with E-state index in [0.29, 0.717) is 38.2 Å². The van der Waals surface area contributed by atoms with Crippen LogP contribution in [0.15, 0.2) is 34.9 Å². The molecule has 7 heteroatoms. The molecule has 0 spiro atoms. The summed E-state index contributed by atoms with van der Waals surface area (Å²) in [5.41, 5.74) is 1.50. The standard InChI is InChI=1S/C18H23FN4O2/c1-14-12-16(25-21-14)13-22-8-10-23(11-9-22)18(24)20-7-6-15-4-2-3-5-17(15)19/h2-5,12H,6-11,13H2,1H3,(H,20,24). The van der Waals surface area contributed by atoms with E-state index in [9.17, 15) is 9.18 Å². The minimum atomic E-state index is -0.229. The van der Waals surface area contributed by atoms with E-state index in [0.717, 1.165) is 24.5 Å². The average Bonchev–Trinajstić information content (AvgIpc) is 3.02. The van der Waals surface area contributed by atoms with Crippen molar-refractivity contribution in [3.8, 4) is 0 Å². The van der Waals surface area contributed by atoms with Crippen LogP contribution in [0.4, 0.5) is 9.18 Å². The Hall–Kier alpha value is -2.41. The zero-order chi connectivity index (χ0) is 17.6. The molecule has 0 unspecified atom stereocenters. The molecule has 0 saturated carbocycles. The molecule has 1 aliphatic heterocycles. The molecule has 1 N–H and O–H groups in total. The molecule has 1 aliphatic rings. The number of nitrogens with one attached hydrogen (secondary N) is 1. The molecule has 0 aliphatic carbocycles. The van der Waals surface area contributed by atoms with Crippen LogP contribution in [0.5, 0.6) is 0 Å². The van der Waals surface area contributed by atoms with Gasteiger partial charge in [0.2, 0.25) is 0 Å². The zero-order valence-corrected chi connectivity index (χ0v) is 14.4. The van der Waals surface area contributed by atoms with E-state index in [-0.39, 0.29) is 11.8 Å². The van der Waals surface area contributed by atoms with Crippen molar-refractivity contribution in [2.75, 3.05) is 32.7 Å². The summed E-state index contributed by atoms with van der Waals surface area (Å²) in [6, 6.07) is 8.48. The number of carbonyl (C=O) groups is 1. The SMILES string of the molecule is Cc1cc(CN2CCN(C(=O)NCCc3ccccc3F)CC2)on1. The van der Waals surface area contributed by atoms with Gasteiger partial charge in [-0.2, -0.15) is 0 Å². The summed E-state index contributed by atoms with van der Waals surface area (Å²) in [6.45, 7) is 5.95. The van der Waals surface area contributed by atoms with Crippen LogP contribution in [0, 0.1) is 12.7 Å². The number of urea groups is 1. The van der Waals surface area contributed by atoms with Crippen molar-refractivity contribution in [1.29, 1.82) is 0 Å². The topological polar surface area (TPSA) is 61.6 Å². The quantitative estimate of drug-likeness (QED) is 0.902. The van der Waals surface area contributed by atoms with Crippen LogP contribution >= 0.6 is 0 Å². The Balaban J connectivity index is 1.38. The third-order valence-electron chi connectivity index (χ3n) is 4.34. The highest BCUT2D eigenvalue weighted by Gasteiger charge is 2.21. The Bertz CT molecular complexity index is 711. The van der Waals surface area contributed by atoms with Gasteiger partial charge in [0.25, 0.3) is 0 Å². The van der Waals surface area contributed by atoms with Crippen LogP contribution in [0.2, 0.25) is 0 Å². The minimum absolute atomic E-state index is 0.0912. The third-order valence-corrected chi connectivity index (χ3v) is 4.34. The molecule has 2 aromatic rings. The van der Waals surface area contributed by atoms with Gasteiger partial charge in [-0.1, -0.05) is 23.4 Å². The molecule has 2 heterocycles. The summed E-state index contributed by atoms with van der Waals surface area (Å²) in [7, 11) is 0. The number of nitrogens with zero attached hydrogens (tertiary/aromatic N) is 3. The van der Waals surface area contributed by atoms with Gasteiger partial charge in [-0.3, -0.25) is 4.90 Å². The molecule has 0 radical (unpaired) electrons. The summed E-state index contributed by atoms with van der Waals surface area (Å²) in [5, 5.41) is 6.76. The number of rotatable bonds is 5. The van der Waals surface area contributed by atoms with Gasteiger partial charge < -0.3 is 14.7 Å². The first kappa shape index (κ1) is 17.4. The zero-order valence-electron chi connectivity index (χ0n) is 14.4. The summed E-state index contributed by atoms with van der Waals surface area (Å²) in [5.74, 6) is 0.619. The number of benzene rings is 1. The van der Waals surface area contributed by atoms with E-state index < -0.39 is 0 Å².